The largest absolute Gasteiger partial charge is 0.303 e. The lowest BCUT2D eigenvalue weighted by Gasteiger charge is -1.98. The lowest BCUT2D eigenvalue weighted by Crippen LogP contribution is -1.98. The second kappa shape index (κ2) is 16.1. The minimum atomic E-state index is -0.0429. The van der Waals surface area contributed by atoms with Gasteiger partial charge in [-0.25, -0.2) is 0 Å². The van der Waals surface area contributed by atoms with Gasteiger partial charge in [0.2, 0.25) is 0 Å². The van der Waals surface area contributed by atoms with Crippen LogP contribution in [0.15, 0.2) is 12.2 Å². The van der Waals surface area contributed by atoms with Crippen LogP contribution in [0.4, 0.5) is 0 Å². The first-order chi connectivity index (χ1) is 9.81. The Hall–Kier alpha value is -0.920. The summed E-state index contributed by atoms with van der Waals surface area (Å²) in [6.45, 7) is 2.25. The van der Waals surface area contributed by atoms with Gasteiger partial charge in [-0.3, -0.25) is 4.79 Å². The predicted octanol–water partition coefficient (Wildman–Crippen LogP) is 5.22. The van der Waals surface area contributed by atoms with Crippen LogP contribution in [0.1, 0.15) is 84.0 Å². The van der Waals surface area contributed by atoms with E-state index in [2.05, 4.69) is 19.1 Å². The number of ketones is 1. The Morgan fingerprint density at radius 1 is 0.800 bits per heavy atom. The van der Waals surface area contributed by atoms with Gasteiger partial charge < -0.3 is 4.79 Å². The van der Waals surface area contributed by atoms with Crippen molar-refractivity contribution in [2.24, 2.45) is 0 Å². The summed E-state index contributed by atoms with van der Waals surface area (Å²) in [4.78, 5) is 21.1. The van der Waals surface area contributed by atoms with Crippen LogP contribution in [-0.4, -0.2) is 12.1 Å². The first kappa shape index (κ1) is 19.1. The Bertz CT molecular complexity index is 256. The predicted molar refractivity (Wildman–Crippen MR) is 85.6 cm³/mol. The van der Waals surface area contributed by atoms with E-state index in [9.17, 15) is 9.59 Å². The molecule has 115 valence electrons. The lowest BCUT2D eigenvalue weighted by atomic mass is 10.1. The van der Waals surface area contributed by atoms with Crippen molar-refractivity contribution in [2.75, 3.05) is 0 Å². The van der Waals surface area contributed by atoms with Gasteiger partial charge in [0, 0.05) is 6.42 Å². The minimum Gasteiger partial charge on any atom is -0.303 e. The number of Topliss-reactive ketones (excluding diaryl/α,β-unsaturated/α-hetero) is 1. The fraction of sp³-hybridized carbons (Fsp3) is 0.722. The van der Waals surface area contributed by atoms with Gasteiger partial charge in [0.05, 0.1) is 6.42 Å². The smallest absolute Gasteiger partial charge is 0.144 e. The number of carbonyl (C=O) groups excluding carboxylic acids is 2. The molecule has 0 amide bonds. The fourth-order valence-electron chi connectivity index (χ4n) is 2.18. The zero-order chi connectivity index (χ0) is 14.9. The first-order valence-electron chi connectivity index (χ1n) is 8.27. The van der Waals surface area contributed by atoms with Crippen molar-refractivity contribution in [1.29, 1.82) is 0 Å². The van der Waals surface area contributed by atoms with Gasteiger partial charge in [-0.1, -0.05) is 57.6 Å². The monoisotopic (exact) mass is 279 g/mol. The molecule has 0 unspecified atom stereocenters. The van der Waals surface area contributed by atoms with Gasteiger partial charge >= 0.3 is 0 Å². The maximum atomic E-state index is 11.0. The molecule has 2 heteroatoms. The molecule has 20 heavy (non-hydrogen) atoms. The van der Waals surface area contributed by atoms with Crippen LogP contribution in [0, 0.1) is 6.42 Å². The van der Waals surface area contributed by atoms with Gasteiger partial charge in [0.25, 0.3) is 0 Å². The third kappa shape index (κ3) is 15.1. The van der Waals surface area contributed by atoms with E-state index in [1.807, 2.05) is 0 Å². The molecule has 1 radical (unpaired) electrons. The average molecular weight is 279 g/mol. The van der Waals surface area contributed by atoms with Crippen LogP contribution in [0.3, 0.4) is 0 Å². The molecule has 0 atom stereocenters. The van der Waals surface area contributed by atoms with Crippen molar-refractivity contribution in [3.05, 3.63) is 18.6 Å². The average Bonchev–Trinajstić information content (AvgIpc) is 2.44. The molecule has 0 aliphatic carbocycles. The van der Waals surface area contributed by atoms with E-state index in [0.29, 0.717) is 12.7 Å². The molecule has 0 aliphatic rings. The summed E-state index contributed by atoms with van der Waals surface area (Å²) in [6, 6.07) is 0. The molecule has 0 saturated carbocycles. The second-order valence-electron chi connectivity index (χ2n) is 5.40. The SMILES string of the molecule is CCCCCCCC/C=C\CCCCCC(=O)[CH]C=O. The molecule has 0 aromatic carbocycles. The number of unbranched alkanes of at least 4 members (excludes halogenated alkanes) is 9. The van der Waals surface area contributed by atoms with Crippen molar-refractivity contribution in [1.82, 2.24) is 0 Å². The molecule has 0 rings (SSSR count). The number of hydrogen-bond acceptors (Lipinski definition) is 2. The van der Waals surface area contributed by atoms with Crippen molar-refractivity contribution in [2.45, 2.75) is 84.0 Å². The van der Waals surface area contributed by atoms with Gasteiger partial charge in [-0.15, -0.1) is 0 Å². The summed E-state index contributed by atoms with van der Waals surface area (Å²) in [5.74, 6) is -0.0429. The number of hydrogen-bond donors (Lipinski definition) is 0. The highest BCUT2D eigenvalue weighted by Gasteiger charge is 1.99. The maximum absolute atomic E-state index is 11.0. The quantitative estimate of drug-likeness (QED) is 0.178. The van der Waals surface area contributed by atoms with Crippen LogP contribution in [-0.2, 0) is 9.59 Å². The van der Waals surface area contributed by atoms with Crippen LogP contribution >= 0.6 is 0 Å². The third-order valence-electron chi connectivity index (χ3n) is 3.44. The van der Waals surface area contributed by atoms with E-state index >= 15 is 0 Å². The Morgan fingerprint density at radius 3 is 1.95 bits per heavy atom. The molecular weight excluding hydrogens is 248 g/mol. The van der Waals surface area contributed by atoms with Crippen molar-refractivity contribution < 1.29 is 9.59 Å². The number of allylic oxidation sites excluding steroid dienone is 2. The number of aldehydes is 1. The second-order valence-corrected chi connectivity index (χ2v) is 5.40. The van der Waals surface area contributed by atoms with Crippen molar-refractivity contribution in [3.63, 3.8) is 0 Å². The molecule has 0 aliphatic heterocycles. The van der Waals surface area contributed by atoms with Gasteiger partial charge in [-0.2, -0.15) is 0 Å². The summed E-state index contributed by atoms with van der Waals surface area (Å²) < 4.78 is 0. The lowest BCUT2D eigenvalue weighted by molar-refractivity contribution is -0.118. The normalized spacial score (nSPS) is 11.1. The number of rotatable bonds is 15. The zero-order valence-corrected chi connectivity index (χ0v) is 13.1. The van der Waals surface area contributed by atoms with Gasteiger partial charge in [-0.05, 0) is 32.1 Å². The molecule has 0 saturated heterocycles. The Balaban J connectivity index is 3.16. The Morgan fingerprint density at radius 2 is 1.35 bits per heavy atom. The first-order valence-corrected chi connectivity index (χ1v) is 8.27. The van der Waals surface area contributed by atoms with Crippen LogP contribution in [0.2, 0.25) is 0 Å². The summed E-state index contributed by atoms with van der Waals surface area (Å²) in [6.07, 6.45) is 20.4. The number of carbonyl (C=O) groups is 2. The topological polar surface area (TPSA) is 34.1 Å². The van der Waals surface area contributed by atoms with E-state index in [0.717, 1.165) is 32.1 Å². The van der Waals surface area contributed by atoms with Crippen LogP contribution < -0.4 is 0 Å². The van der Waals surface area contributed by atoms with Crippen molar-refractivity contribution in [3.8, 4) is 0 Å². The molecular formula is C18H31O2. The highest BCUT2D eigenvalue weighted by molar-refractivity contribution is 6.01. The van der Waals surface area contributed by atoms with Gasteiger partial charge in [0.15, 0.2) is 0 Å². The molecule has 0 bridgehead atoms. The summed E-state index contributed by atoms with van der Waals surface area (Å²) in [5.41, 5.74) is 0. The minimum absolute atomic E-state index is 0.0429. The van der Waals surface area contributed by atoms with Crippen molar-refractivity contribution >= 4 is 12.1 Å². The summed E-state index contributed by atoms with van der Waals surface area (Å²) in [5, 5.41) is 0. The summed E-state index contributed by atoms with van der Waals surface area (Å²) >= 11 is 0. The molecule has 0 heterocycles. The molecule has 0 aromatic heterocycles. The molecule has 0 N–H and O–H groups in total. The van der Waals surface area contributed by atoms with E-state index in [4.69, 9.17) is 0 Å². The highest BCUT2D eigenvalue weighted by Crippen LogP contribution is 2.08. The molecule has 0 aromatic rings. The van der Waals surface area contributed by atoms with E-state index in [1.165, 1.54) is 44.9 Å². The van der Waals surface area contributed by atoms with E-state index in [-0.39, 0.29) is 5.78 Å². The van der Waals surface area contributed by atoms with E-state index < -0.39 is 0 Å². The molecule has 0 spiro atoms. The standard InChI is InChI=1S/C18H31O2/c1-2-3-4-5-6-7-8-9-10-11-12-13-14-15-18(20)16-17-19/h9-10,16-17H,2-8,11-15H2,1H3/b10-9-. The zero-order valence-electron chi connectivity index (χ0n) is 13.1. The van der Waals surface area contributed by atoms with Crippen LogP contribution in [0.25, 0.3) is 0 Å². The third-order valence-corrected chi connectivity index (χ3v) is 3.44. The Labute approximate surface area is 125 Å². The van der Waals surface area contributed by atoms with Crippen LogP contribution in [0.5, 0.6) is 0 Å². The van der Waals surface area contributed by atoms with E-state index in [1.54, 1.807) is 0 Å². The molecule has 0 fully saturated rings. The summed E-state index contributed by atoms with van der Waals surface area (Å²) in [7, 11) is 0. The Kier molecular flexibility index (Phi) is 15.4. The molecule has 2 nitrogen and oxygen atoms in total. The highest BCUT2D eigenvalue weighted by atomic mass is 16.1. The maximum Gasteiger partial charge on any atom is 0.144 e. The fourth-order valence-corrected chi connectivity index (χ4v) is 2.18. The van der Waals surface area contributed by atoms with Gasteiger partial charge in [0.1, 0.15) is 12.1 Å².